The molecule has 0 unspecified atom stereocenters. The second-order valence-electron chi connectivity index (χ2n) is 9.81. The summed E-state index contributed by atoms with van der Waals surface area (Å²) in [6.45, 7) is 2.25. The quantitative estimate of drug-likeness (QED) is 0.219. The topological polar surface area (TPSA) is 4.93 Å². The summed E-state index contributed by atoms with van der Waals surface area (Å²) in [5.41, 5.74) is 9.82. The van der Waals surface area contributed by atoms with Gasteiger partial charge in [0.25, 0.3) is 0 Å². The number of hydrogen-bond acceptors (Lipinski definition) is 0. The van der Waals surface area contributed by atoms with Gasteiger partial charge >= 0.3 is 0 Å². The zero-order valence-electron chi connectivity index (χ0n) is 21.3. The molecule has 1 aromatic heterocycles. The van der Waals surface area contributed by atoms with Crippen LogP contribution in [0.15, 0.2) is 146 Å². The highest BCUT2D eigenvalue weighted by Gasteiger charge is 2.16. The molecule has 0 amide bonds. The molecule has 0 bridgehead atoms. The van der Waals surface area contributed by atoms with Crippen LogP contribution in [0.4, 0.5) is 0 Å². The highest BCUT2D eigenvalue weighted by atomic mass is 15.0. The number of benzene rings is 6. The first-order valence-electron chi connectivity index (χ1n) is 13.1. The Morgan fingerprint density at radius 3 is 1.45 bits per heavy atom. The minimum atomic E-state index is 1.16. The van der Waals surface area contributed by atoms with Crippen LogP contribution in [0.2, 0.25) is 0 Å². The van der Waals surface area contributed by atoms with Gasteiger partial charge in [-0.3, -0.25) is 0 Å². The lowest BCUT2D eigenvalue weighted by molar-refractivity contribution is 1.09. The molecule has 0 saturated carbocycles. The third kappa shape index (κ3) is 3.64. The molecule has 0 aliphatic carbocycles. The van der Waals surface area contributed by atoms with Gasteiger partial charge in [0.05, 0.1) is 11.4 Å². The molecule has 0 spiro atoms. The average Bonchev–Trinajstić information content (AvgIpc) is 3.44. The molecule has 0 radical (unpaired) electrons. The third-order valence-corrected chi connectivity index (χ3v) is 7.63. The number of aryl methyl sites for hydroxylation is 1. The lowest BCUT2D eigenvalue weighted by atomic mass is 9.88. The number of para-hydroxylation sites is 1. The summed E-state index contributed by atoms with van der Waals surface area (Å²) in [5, 5.41) is 5.24. The van der Waals surface area contributed by atoms with E-state index in [2.05, 4.69) is 157 Å². The summed E-state index contributed by atoms with van der Waals surface area (Å²) in [7, 11) is 0. The summed E-state index contributed by atoms with van der Waals surface area (Å²) >= 11 is 0. The maximum absolute atomic E-state index is 2.36. The van der Waals surface area contributed by atoms with Gasteiger partial charge < -0.3 is 4.57 Å². The molecule has 0 aliphatic rings. The SMILES string of the molecule is Cc1c(-c2ccc(-c3ccc(-c4ccccc4)n3-c3ccccc3)cc2)c2ccccc2c2ccccc12. The van der Waals surface area contributed by atoms with Crippen LogP contribution >= 0.6 is 0 Å². The van der Waals surface area contributed by atoms with E-state index < -0.39 is 0 Å². The van der Waals surface area contributed by atoms with Crippen LogP contribution in [-0.4, -0.2) is 4.57 Å². The lowest BCUT2D eigenvalue weighted by Gasteiger charge is -2.17. The molecule has 0 saturated heterocycles. The summed E-state index contributed by atoms with van der Waals surface area (Å²) < 4.78 is 2.36. The predicted octanol–water partition coefficient (Wildman–Crippen LogP) is 10.1. The van der Waals surface area contributed by atoms with Crippen molar-refractivity contribution in [2.45, 2.75) is 6.92 Å². The molecule has 0 aliphatic heterocycles. The van der Waals surface area contributed by atoms with E-state index in [4.69, 9.17) is 0 Å². The van der Waals surface area contributed by atoms with Crippen LogP contribution < -0.4 is 0 Å². The van der Waals surface area contributed by atoms with Crippen LogP contribution in [0.1, 0.15) is 5.56 Å². The molecule has 180 valence electrons. The number of aromatic nitrogens is 1. The fourth-order valence-electron chi connectivity index (χ4n) is 5.85. The average molecular weight is 486 g/mol. The van der Waals surface area contributed by atoms with Crippen molar-refractivity contribution in [3.8, 4) is 39.3 Å². The van der Waals surface area contributed by atoms with E-state index in [1.165, 1.54) is 60.8 Å². The van der Waals surface area contributed by atoms with E-state index in [0.29, 0.717) is 0 Å². The van der Waals surface area contributed by atoms with E-state index in [-0.39, 0.29) is 0 Å². The van der Waals surface area contributed by atoms with Gasteiger partial charge in [-0.05, 0) is 80.6 Å². The molecule has 6 aromatic carbocycles. The van der Waals surface area contributed by atoms with E-state index in [1.54, 1.807) is 0 Å². The van der Waals surface area contributed by atoms with Gasteiger partial charge in [0.15, 0.2) is 0 Å². The molecule has 1 heterocycles. The van der Waals surface area contributed by atoms with E-state index >= 15 is 0 Å². The second kappa shape index (κ2) is 9.21. The van der Waals surface area contributed by atoms with Gasteiger partial charge in [0.1, 0.15) is 0 Å². The zero-order valence-corrected chi connectivity index (χ0v) is 21.3. The Balaban J connectivity index is 1.40. The molecular weight excluding hydrogens is 458 g/mol. The maximum Gasteiger partial charge on any atom is 0.0535 e. The van der Waals surface area contributed by atoms with Crippen molar-refractivity contribution in [2.24, 2.45) is 0 Å². The summed E-state index contributed by atoms with van der Waals surface area (Å²) in [6, 6.07) is 52.3. The standard InChI is InChI=1S/C37H27N/c1-26-31-16-8-9-17-32(31)33-18-10-11-19-34(33)37(26)29-22-20-28(21-23-29)36-25-24-35(27-12-4-2-5-13-27)38(36)30-14-6-3-7-15-30/h2-25H,1H3. The van der Waals surface area contributed by atoms with E-state index in [1.807, 2.05) is 0 Å². The van der Waals surface area contributed by atoms with Crippen LogP contribution in [0.5, 0.6) is 0 Å². The lowest BCUT2D eigenvalue weighted by Crippen LogP contribution is -1.99. The Hall–Kier alpha value is -4.88. The molecule has 38 heavy (non-hydrogen) atoms. The highest BCUT2D eigenvalue weighted by Crippen LogP contribution is 2.40. The fraction of sp³-hybridized carbons (Fsp3) is 0.0270. The molecule has 1 heteroatoms. The number of nitrogens with zero attached hydrogens (tertiary/aromatic N) is 1. The molecule has 1 nitrogen and oxygen atoms in total. The maximum atomic E-state index is 2.36. The number of rotatable bonds is 4. The Morgan fingerprint density at radius 1 is 0.368 bits per heavy atom. The molecule has 0 fully saturated rings. The van der Waals surface area contributed by atoms with Gasteiger partial charge in [0, 0.05) is 5.69 Å². The van der Waals surface area contributed by atoms with Gasteiger partial charge in [0.2, 0.25) is 0 Å². The molecule has 0 N–H and O–H groups in total. The number of hydrogen-bond donors (Lipinski definition) is 0. The molecular formula is C37H27N. The largest absolute Gasteiger partial charge is 0.309 e. The van der Waals surface area contributed by atoms with Gasteiger partial charge in [-0.2, -0.15) is 0 Å². The number of fused-ring (bicyclic) bond motifs is 3. The van der Waals surface area contributed by atoms with Crippen molar-refractivity contribution in [3.63, 3.8) is 0 Å². The van der Waals surface area contributed by atoms with Gasteiger partial charge in [-0.25, -0.2) is 0 Å². The Kier molecular flexibility index (Phi) is 5.41. The monoisotopic (exact) mass is 485 g/mol. The van der Waals surface area contributed by atoms with E-state index in [9.17, 15) is 0 Å². The van der Waals surface area contributed by atoms with Crippen LogP contribution in [0.25, 0.3) is 60.9 Å². The smallest absolute Gasteiger partial charge is 0.0535 e. The van der Waals surface area contributed by atoms with Gasteiger partial charge in [-0.1, -0.05) is 121 Å². The fourth-order valence-corrected chi connectivity index (χ4v) is 5.85. The zero-order chi connectivity index (χ0) is 25.5. The molecule has 7 rings (SSSR count). The summed E-state index contributed by atoms with van der Waals surface area (Å²) in [4.78, 5) is 0. The summed E-state index contributed by atoms with van der Waals surface area (Å²) in [5.74, 6) is 0. The minimum Gasteiger partial charge on any atom is -0.309 e. The Morgan fingerprint density at radius 2 is 0.816 bits per heavy atom. The normalized spacial score (nSPS) is 11.3. The second-order valence-corrected chi connectivity index (χ2v) is 9.81. The van der Waals surface area contributed by atoms with Crippen molar-refractivity contribution in [1.29, 1.82) is 0 Å². The van der Waals surface area contributed by atoms with Gasteiger partial charge in [-0.15, -0.1) is 0 Å². The van der Waals surface area contributed by atoms with Crippen molar-refractivity contribution in [2.75, 3.05) is 0 Å². The first-order valence-corrected chi connectivity index (χ1v) is 13.1. The third-order valence-electron chi connectivity index (χ3n) is 7.63. The van der Waals surface area contributed by atoms with Crippen molar-refractivity contribution in [3.05, 3.63) is 151 Å². The van der Waals surface area contributed by atoms with Crippen LogP contribution in [0, 0.1) is 6.92 Å². The van der Waals surface area contributed by atoms with E-state index in [0.717, 1.165) is 5.69 Å². The van der Waals surface area contributed by atoms with Crippen molar-refractivity contribution in [1.82, 2.24) is 4.57 Å². The Labute approximate surface area is 223 Å². The highest BCUT2D eigenvalue weighted by molar-refractivity contribution is 6.15. The first-order chi connectivity index (χ1) is 18.8. The van der Waals surface area contributed by atoms with Crippen LogP contribution in [0.3, 0.4) is 0 Å². The minimum absolute atomic E-state index is 1.16. The van der Waals surface area contributed by atoms with Crippen molar-refractivity contribution >= 4 is 21.5 Å². The Bertz CT molecular complexity index is 1890. The predicted molar refractivity (Wildman–Crippen MR) is 162 cm³/mol. The van der Waals surface area contributed by atoms with Crippen LogP contribution in [-0.2, 0) is 0 Å². The molecule has 0 atom stereocenters. The first kappa shape index (κ1) is 22.3. The summed E-state index contributed by atoms with van der Waals surface area (Å²) in [6.07, 6.45) is 0. The van der Waals surface area contributed by atoms with Crippen molar-refractivity contribution < 1.29 is 0 Å². The molecule has 7 aromatic rings.